The SMILES string of the molecule is O=C(NCC(F)F)C1CC=C(N2CCN([C@H]3CC[C@@H](c4cc5cccc(F)c5c(=O)[nH]4)C3)CC2)C(F)=N1. The number of pyridine rings is 1. The van der Waals surface area contributed by atoms with Crippen molar-refractivity contribution >= 4 is 22.6 Å². The van der Waals surface area contributed by atoms with Gasteiger partial charge in [-0.15, -0.1) is 0 Å². The van der Waals surface area contributed by atoms with Gasteiger partial charge in [0.25, 0.3) is 12.0 Å². The smallest absolute Gasteiger partial charge is 0.259 e. The van der Waals surface area contributed by atoms with E-state index in [0.29, 0.717) is 30.2 Å². The molecule has 1 saturated carbocycles. The minimum Gasteiger partial charge on any atom is -0.366 e. The molecule has 2 aliphatic heterocycles. The van der Waals surface area contributed by atoms with Crippen LogP contribution in [0.3, 0.4) is 0 Å². The van der Waals surface area contributed by atoms with Gasteiger partial charge in [-0.05, 0) is 43.2 Å². The first-order valence-corrected chi connectivity index (χ1v) is 12.6. The Morgan fingerprint density at radius 1 is 1.16 bits per heavy atom. The molecule has 2 N–H and O–H groups in total. The van der Waals surface area contributed by atoms with E-state index in [9.17, 15) is 27.2 Å². The second-order valence-electron chi connectivity index (χ2n) is 9.84. The van der Waals surface area contributed by atoms with Gasteiger partial charge in [0.15, 0.2) is 0 Å². The van der Waals surface area contributed by atoms with Crippen LogP contribution in [-0.2, 0) is 4.79 Å². The van der Waals surface area contributed by atoms with E-state index in [1.54, 1.807) is 18.2 Å². The molecule has 11 heteroatoms. The van der Waals surface area contributed by atoms with Crippen LogP contribution in [0.25, 0.3) is 10.8 Å². The largest absolute Gasteiger partial charge is 0.366 e. The third-order valence-corrected chi connectivity index (χ3v) is 7.61. The van der Waals surface area contributed by atoms with Gasteiger partial charge in [-0.1, -0.05) is 18.2 Å². The molecule has 37 heavy (non-hydrogen) atoms. The molecule has 3 atom stereocenters. The van der Waals surface area contributed by atoms with E-state index in [1.165, 1.54) is 6.07 Å². The third kappa shape index (κ3) is 5.41. The number of allylic oxidation sites excluding steroid dienone is 1. The Balaban J connectivity index is 1.16. The summed E-state index contributed by atoms with van der Waals surface area (Å²) in [6.45, 7) is 1.90. The molecule has 3 heterocycles. The lowest BCUT2D eigenvalue weighted by Crippen LogP contribution is -2.50. The first-order chi connectivity index (χ1) is 17.8. The van der Waals surface area contributed by atoms with Gasteiger partial charge < -0.3 is 15.2 Å². The topological polar surface area (TPSA) is 80.8 Å². The first-order valence-electron chi connectivity index (χ1n) is 12.6. The summed E-state index contributed by atoms with van der Waals surface area (Å²) in [6.07, 6.45) is 1.89. The summed E-state index contributed by atoms with van der Waals surface area (Å²) >= 11 is 0. The number of amides is 1. The number of fused-ring (bicyclic) bond motifs is 1. The summed E-state index contributed by atoms with van der Waals surface area (Å²) in [4.78, 5) is 35.4. The van der Waals surface area contributed by atoms with Crippen molar-refractivity contribution in [2.45, 2.75) is 50.1 Å². The lowest BCUT2D eigenvalue weighted by molar-refractivity contribution is -0.122. The fraction of sp³-hybridized carbons (Fsp3) is 0.500. The zero-order chi connectivity index (χ0) is 26.1. The van der Waals surface area contributed by atoms with E-state index in [0.717, 1.165) is 38.0 Å². The summed E-state index contributed by atoms with van der Waals surface area (Å²) in [6, 6.07) is 5.83. The average molecular weight is 520 g/mol. The Morgan fingerprint density at radius 2 is 1.95 bits per heavy atom. The number of carbonyl (C=O) groups excluding carboxylic acids is 1. The van der Waals surface area contributed by atoms with Crippen LogP contribution in [0.5, 0.6) is 0 Å². The molecular formula is C26H29F4N5O2. The number of nitrogens with zero attached hydrogens (tertiary/aromatic N) is 3. The molecule has 0 spiro atoms. The second kappa shape index (κ2) is 10.6. The number of nitrogens with one attached hydrogen (secondary N) is 2. The standard InChI is InChI=1S/C26H29F4N5O2/c27-18-3-1-2-16-13-20(33-26(37)23(16)18)15-4-5-17(12-15)34-8-10-35(11-9-34)21-7-6-19(32-24(21)30)25(36)31-14-22(28)29/h1-3,7,13,15,17,19,22H,4-6,8-12,14H2,(H,31,36)(H,33,37)/t15-,17+,19?/m1/s1. The Labute approximate surface area is 211 Å². The molecular weight excluding hydrogens is 490 g/mol. The number of piperazine rings is 1. The van der Waals surface area contributed by atoms with Crippen LogP contribution in [-0.4, -0.2) is 77.9 Å². The van der Waals surface area contributed by atoms with Crippen LogP contribution in [0.4, 0.5) is 17.6 Å². The number of dihydropyridines is 1. The van der Waals surface area contributed by atoms with Gasteiger partial charge in [-0.2, -0.15) is 4.39 Å². The highest BCUT2D eigenvalue weighted by molar-refractivity contribution is 5.96. The number of aromatic nitrogens is 1. The number of carbonyl (C=O) groups is 1. The normalized spacial score (nSPS) is 24.9. The van der Waals surface area contributed by atoms with Crippen LogP contribution in [0.2, 0.25) is 0 Å². The predicted molar refractivity (Wildman–Crippen MR) is 132 cm³/mol. The van der Waals surface area contributed by atoms with Crippen LogP contribution < -0.4 is 10.9 Å². The minimum atomic E-state index is -2.67. The van der Waals surface area contributed by atoms with Gasteiger partial charge in [0.2, 0.25) is 11.9 Å². The average Bonchev–Trinajstić information content (AvgIpc) is 3.38. The molecule has 2 aromatic rings. The summed E-state index contributed by atoms with van der Waals surface area (Å²) in [5.41, 5.74) is 0.783. The van der Waals surface area contributed by atoms with Gasteiger partial charge in [0.05, 0.1) is 17.6 Å². The number of alkyl halides is 2. The third-order valence-electron chi connectivity index (χ3n) is 7.61. The maximum atomic E-state index is 14.7. The van der Waals surface area contributed by atoms with Gasteiger partial charge in [-0.3, -0.25) is 14.5 Å². The van der Waals surface area contributed by atoms with Crippen molar-refractivity contribution in [2.75, 3.05) is 32.7 Å². The van der Waals surface area contributed by atoms with Crippen LogP contribution in [0.15, 0.2) is 45.8 Å². The van der Waals surface area contributed by atoms with E-state index >= 15 is 0 Å². The molecule has 1 aromatic heterocycles. The highest BCUT2D eigenvalue weighted by Crippen LogP contribution is 2.37. The lowest BCUT2D eigenvalue weighted by Gasteiger charge is -2.40. The molecule has 198 valence electrons. The first kappa shape index (κ1) is 25.4. The second-order valence-corrected chi connectivity index (χ2v) is 9.84. The number of benzene rings is 1. The van der Waals surface area contributed by atoms with Gasteiger partial charge in [0.1, 0.15) is 11.9 Å². The zero-order valence-corrected chi connectivity index (χ0v) is 20.2. The Bertz CT molecular complexity index is 1290. The maximum Gasteiger partial charge on any atom is 0.259 e. The minimum absolute atomic E-state index is 0.0878. The number of halogens is 4. The number of rotatable bonds is 6. The molecule has 3 aliphatic rings. The molecule has 1 aromatic carbocycles. The molecule has 0 radical (unpaired) electrons. The van der Waals surface area contributed by atoms with Crippen molar-refractivity contribution in [3.8, 4) is 0 Å². The summed E-state index contributed by atoms with van der Waals surface area (Å²) in [5, 5.41) is 2.78. The molecule has 1 aliphatic carbocycles. The molecule has 5 rings (SSSR count). The van der Waals surface area contributed by atoms with Crippen LogP contribution in [0, 0.1) is 5.82 Å². The molecule has 1 amide bonds. The molecule has 1 saturated heterocycles. The molecule has 2 fully saturated rings. The van der Waals surface area contributed by atoms with Crippen molar-refractivity contribution in [1.29, 1.82) is 0 Å². The number of aliphatic imine (C=N–C) groups is 1. The molecule has 1 unspecified atom stereocenters. The van der Waals surface area contributed by atoms with Crippen molar-refractivity contribution in [1.82, 2.24) is 20.1 Å². The van der Waals surface area contributed by atoms with E-state index in [1.807, 2.05) is 11.0 Å². The molecule has 7 nitrogen and oxygen atoms in total. The number of hydrogen-bond acceptors (Lipinski definition) is 5. The van der Waals surface area contributed by atoms with Crippen molar-refractivity contribution in [3.63, 3.8) is 0 Å². The Kier molecular flexibility index (Phi) is 7.32. The monoisotopic (exact) mass is 519 g/mol. The van der Waals surface area contributed by atoms with Gasteiger partial charge >= 0.3 is 0 Å². The highest BCUT2D eigenvalue weighted by atomic mass is 19.3. The quantitative estimate of drug-likeness (QED) is 0.574. The lowest BCUT2D eigenvalue weighted by atomic mass is 10.00. The van der Waals surface area contributed by atoms with Crippen molar-refractivity contribution < 1.29 is 22.4 Å². The highest BCUT2D eigenvalue weighted by Gasteiger charge is 2.34. The molecule has 0 bridgehead atoms. The summed E-state index contributed by atoms with van der Waals surface area (Å²) in [5.74, 6) is -1.78. The Morgan fingerprint density at radius 3 is 2.68 bits per heavy atom. The number of H-pyrrole nitrogens is 1. The summed E-state index contributed by atoms with van der Waals surface area (Å²) in [7, 11) is 0. The van der Waals surface area contributed by atoms with Crippen LogP contribution >= 0.6 is 0 Å². The maximum absolute atomic E-state index is 14.7. The zero-order valence-electron chi connectivity index (χ0n) is 20.2. The van der Waals surface area contributed by atoms with Gasteiger partial charge in [0, 0.05) is 43.8 Å². The van der Waals surface area contributed by atoms with E-state index in [2.05, 4.69) is 20.2 Å². The number of aromatic amines is 1. The van der Waals surface area contributed by atoms with E-state index in [4.69, 9.17) is 0 Å². The van der Waals surface area contributed by atoms with Gasteiger partial charge in [-0.25, -0.2) is 18.2 Å². The van der Waals surface area contributed by atoms with Crippen molar-refractivity contribution in [2.24, 2.45) is 4.99 Å². The fourth-order valence-electron chi connectivity index (χ4n) is 5.70. The predicted octanol–water partition coefficient (Wildman–Crippen LogP) is 3.33. The van der Waals surface area contributed by atoms with E-state index in [-0.39, 0.29) is 17.7 Å². The van der Waals surface area contributed by atoms with Crippen LogP contribution in [0.1, 0.15) is 37.3 Å². The number of hydrogen-bond donors (Lipinski definition) is 2. The van der Waals surface area contributed by atoms with Crippen molar-refractivity contribution in [3.05, 3.63) is 57.9 Å². The van der Waals surface area contributed by atoms with E-state index < -0.39 is 42.3 Å². The Hall–Kier alpha value is -3.21. The fourth-order valence-corrected chi connectivity index (χ4v) is 5.70. The summed E-state index contributed by atoms with van der Waals surface area (Å²) < 4.78 is 53.4.